The van der Waals surface area contributed by atoms with E-state index in [1.165, 1.54) is 6.92 Å². The molecule has 0 radical (unpaired) electrons. The van der Waals surface area contributed by atoms with Gasteiger partial charge in [0.2, 0.25) is 0 Å². The van der Waals surface area contributed by atoms with Crippen molar-refractivity contribution >= 4 is 50.7 Å². The zero-order valence-corrected chi connectivity index (χ0v) is 17.6. The number of halogens is 3. The summed E-state index contributed by atoms with van der Waals surface area (Å²) in [5.74, 6) is -0.523. The van der Waals surface area contributed by atoms with Crippen LogP contribution in [0.15, 0.2) is 66.8 Å². The van der Waals surface area contributed by atoms with Crippen molar-refractivity contribution in [1.29, 1.82) is 0 Å². The number of carbonyl (C=O) groups is 1. The molecule has 0 bridgehead atoms. The molecular weight excluding hydrogens is 451 g/mol. The molecule has 6 heteroatoms. The van der Waals surface area contributed by atoms with E-state index >= 15 is 0 Å². The molecule has 3 rings (SSSR count). The van der Waals surface area contributed by atoms with Gasteiger partial charge in [0.25, 0.3) is 0 Å². The molecule has 0 aliphatic heterocycles. The van der Waals surface area contributed by atoms with Crippen LogP contribution in [-0.4, -0.2) is 17.4 Å². The Morgan fingerprint density at radius 1 is 1.11 bits per heavy atom. The van der Waals surface area contributed by atoms with Crippen LogP contribution in [0.4, 0.5) is 0 Å². The molecule has 0 amide bonds. The van der Waals surface area contributed by atoms with Crippen LogP contribution in [0.2, 0.25) is 10.0 Å². The smallest absolute Gasteiger partial charge is 0.298 e. The normalized spacial score (nSPS) is 21.6. The van der Waals surface area contributed by atoms with Gasteiger partial charge in [0.15, 0.2) is 0 Å². The fourth-order valence-electron chi connectivity index (χ4n) is 3.06. The lowest BCUT2D eigenvalue weighted by atomic mass is 9.75. The summed E-state index contributed by atoms with van der Waals surface area (Å²) in [6.45, 7) is 1.29. The molecule has 0 fully saturated rings. The van der Waals surface area contributed by atoms with Crippen LogP contribution in [0, 0.1) is 0 Å². The van der Waals surface area contributed by atoms with Crippen molar-refractivity contribution in [3.8, 4) is 0 Å². The van der Waals surface area contributed by atoms with E-state index in [9.17, 15) is 4.79 Å². The van der Waals surface area contributed by atoms with Crippen molar-refractivity contribution in [2.75, 3.05) is 5.33 Å². The van der Waals surface area contributed by atoms with E-state index in [1.54, 1.807) is 0 Å². The van der Waals surface area contributed by atoms with Crippen LogP contribution in [0.1, 0.15) is 18.1 Å². The highest BCUT2D eigenvalue weighted by Crippen LogP contribution is 2.42. The van der Waals surface area contributed by atoms with Crippen LogP contribution in [0.25, 0.3) is 5.57 Å². The summed E-state index contributed by atoms with van der Waals surface area (Å²) in [4.78, 5) is 21.4. The Bertz CT molecular complexity index is 910. The Hall–Kier alpha value is -1.59. The number of benzene rings is 2. The molecule has 2 aromatic carbocycles. The molecule has 2 atom stereocenters. The number of hydrogen-bond acceptors (Lipinski definition) is 3. The van der Waals surface area contributed by atoms with Gasteiger partial charge < -0.3 is 0 Å². The molecular formula is C21H17BrCl2O3. The maximum absolute atomic E-state index is 11.2. The first-order chi connectivity index (χ1) is 13.0. The molecule has 1 aliphatic carbocycles. The Morgan fingerprint density at radius 2 is 1.78 bits per heavy atom. The van der Waals surface area contributed by atoms with Gasteiger partial charge >= 0.3 is 5.97 Å². The zero-order valence-electron chi connectivity index (χ0n) is 14.5. The molecule has 3 nitrogen and oxygen atoms in total. The van der Waals surface area contributed by atoms with Crippen molar-refractivity contribution in [3.63, 3.8) is 0 Å². The van der Waals surface area contributed by atoms with Gasteiger partial charge in [0, 0.05) is 27.7 Å². The highest BCUT2D eigenvalue weighted by molar-refractivity contribution is 9.09. The van der Waals surface area contributed by atoms with E-state index in [0.717, 1.165) is 16.7 Å². The summed E-state index contributed by atoms with van der Waals surface area (Å²) in [5, 5.41) is 1.85. The first-order valence-corrected chi connectivity index (χ1v) is 10.2. The number of carbonyl (C=O) groups excluding carboxylic acids is 1. The Labute approximate surface area is 176 Å². The minimum absolute atomic E-state index is 0.497. The summed E-state index contributed by atoms with van der Waals surface area (Å²) >= 11 is 16.5. The van der Waals surface area contributed by atoms with E-state index in [2.05, 4.69) is 22.0 Å². The molecule has 0 N–H and O–H groups in total. The fourth-order valence-corrected chi connectivity index (χ4v) is 4.27. The minimum Gasteiger partial charge on any atom is -0.298 e. The molecule has 140 valence electrons. The van der Waals surface area contributed by atoms with Gasteiger partial charge in [-0.05, 0) is 34.9 Å². The van der Waals surface area contributed by atoms with E-state index in [0.29, 0.717) is 15.4 Å². The monoisotopic (exact) mass is 466 g/mol. The molecule has 0 saturated carbocycles. The highest BCUT2D eigenvalue weighted by Gasteiger charge is 2.35. The van der Waals surface area contributed by atoms with Gasteiger partial charge in [0.05, 0.1) is 0 Å². The quantitative estimate of drug-likeness (QED) is 0.229. The summed E-state index contributed by atoms with van der Waals surface area (Å²) in [6.07, 6.45) is 5.32. The van der Waals surface area contributed by atoms with Crippen LogP contribution in [0.3, 0.4) is 0 Å². The number of rotatable bonds is 5. The van der Waals surface area contributed by atoms with Crippen LogP contribution < -0.4 is 0 Å². The molecule has 0 heterocycles. The van der Waals surface area contributed by atoms with Gasteiger partial charge in [-0.1, -0.05) is 87.7 Å². The predicted octanol–water partition coefficient (Wildman–Crippen LogP) is 6.14. The van der Waals surface area contributed by atoms with Crippen molar-refractivity contribution in [2.24, 2.45) is 0 Å². The Balaban J connectivity index is 2.13. The van der Waals surface area contributed by atoms with E-state index in [-0.39, 0.29) is 0 Å². The standard InChI is InChI=1S/C21H17BrCl2O3/c1-14(25)26-27-20-10-11-21(13-22,17-7-3-5-9-19(17)24)12-16(20)15-6-2-4-8-18(15)23/h2-12,20H,13H2,1H3. The van der Waals surface area contributed by atoms with E-state index in [1.807, 2.05) is 60.7 Å². The third-order valence-electron chi connectivity index (χ3n) is 4.34. The first-order valence-electron chi connectivity index (χ1n) is 8.29. The summed E-state index contributed by atoms with van der Waals surface area (Å²) in [6, 6.07) is 15.2. The number of allylic oxidation sites excluding steroid dienone is 2. The maximum atomic E-state index is 11.2. The summed E-state index contributed by atoms with van der Waals surface area (Å²) < 4.78 is 0. The topological polar surface area (TPSA) is 35.5 Å². The van der Waals surface area contributed by atoms with Crippen molar-refractivity contribution in [3.05, 3.63) is 87.9 Å². The maximum Gasteiger partial charge on any atom is 0.339 e. The SMILES string of the molecule is CC(=O)OOC1C=CC(CBr)(c2ccccc2Cl)C=C1c1ccccc1Cl. The third kappa shape index (κ3) is 4.30. The zero-order chi connectivity index (χ0) is 19.4. The molecule has 0 spiro atoms. The van der Waals surface area contributed by atoms with Gasteiger partial charge in [0.1, 0.15) is 6.10 Å². The first kappa shape index (κ1) is 20.2. The van der Waals surface area contributed by atoms with Crippen molar-refractivity contribution in [1.82, 2.24) is 0 Å². The molecule has 2 unspecified atom stereocenters. The molecule has 27 heavy (non-hydrogen) atoms. The Morgan fingerprint density at radius 3 is 2.41 bits per heavy atom. The average Bonchev–Trinajstić information content (AvgIpc) is 2.67. The second-order valence-electron chi connectivity index (χ2n) is 6.18. The largest absolute Gasteiger partial charge is 0.339 e. The van der Waals surface area contributed by atoms with Crippen molar-refractivity contribution < 1.29 is 14.6 Å². The lowest BCUT2D eigenvalue weighted by Crippen LogP contribution is -2.30. The number of hydrogen-bond donors (Lipinski definition) is 0. The van der Waals surface area contributed by atoms with Crippen LogP contribution >= 0.6 is 39.1 Å². The lowest BCUT2D eigenvalue weighted by molar-refractivity contribution is -0.276. The van der Waals surface area contributed by atoms with Crippen LogP contribution in [0.5, 0.6) is 0 Å². The second kappa shape index (κ2) is 8.61. The number of alkyl halides is 1. The molecule has 2 aromatic rings. The van der Waals surface area contributed by atoms with Gasteiger partial charge in [-0.25, -0.2) is 4.79 Å². The highest BCUT2D eigenvalue weighted by atomic mass is 79.9. The molecule has 0 saturated heterocycles. The van der Waals surface area contributed by atoms with Crippen molar-refractivity contribution in [2.45, 2.75) is 18.4 Å². The average molecular weight is 468 g/mol. The molecule has 0 aromatic heterocycles. The minimum atomic E-state index is -0.580. The Kier molecular flexibility index (Phi) is 6.43. The lowest BCUT2D eigenvalue weighted by Gasteiger charge is -2.33. The van der Waals surface area contributed by atoms with Gasteiger partial charge in [-0.2, -0.15) is 4.89 Å². The fraction of sp³-hybridized carbons (Fsp3) is 0.190. The van der Waals surface area contributed by atoms with Crippen LogP contribution in [-0.2, 0) is 20.0 Å². The summed E-state index contributed by atoms with van der Waals surface area (Å²) in [7, 11) is 0. The third-order valence-corrected chi connectivity index (χ3v) is 5.93. The van der Waals surface area contributed by atoms with Gasteiger partial charge in [-0.15, -0.1) is 0 Å². The van der Waals surface area contributed by atoms with E-state index < -0.39 is 17.5 Å². The second-order valence-corrected chi connectivity index (χ2v) is 7.56. The summed E-state index contributed by atoms with van der Waals surface area (Å²) in [5.41, 5.74) is 2.06. The molecule has 1 aliphatic rings. The predicted molar refractivity (Wildman–Crippen MR) is 112 cm³/mol. The van der Waals surface area contributed by atoms with E-state index in [4.69, 9.17) is 33.0 Å². The van der Waals surface area contributed by atoms with Gasteiger partial charge in [-0.3, -0.25) is 4.89 Å².